The topological polar surface area (TPSA) is 75.3 Å². The molecular formula is C23H20N7+. The van der Waals surface area contributed by atoms with Crippen molar-refractivity contribution < 1.29 is 4.68 Å². The molecule has 0 spiro atoms. The van der Waals surface area contributed by atoms with Gasteiger partial charge in [0.2, 0.25) is 0 Å². The first kappa shape index (κ1) is 16.9. The van der Waals surface area contributed by atoms with E-state index >= 15 is 0 Å². The van der Waals surface area contributed by atoms with Crippen LogP contribution in [0.4, 0.5) is 5.69 Å². The lowest BCUT2D eigenvalue weighted by Gasteiger charge is -2.07. The number of nitrogens with one attached hydrogen (secondary N) is 2. The Labute approximate surface area is 173 Å². The molecule has 0 bridgehead atoms. The summed E-state index contributed by atoms with van der Waals surface area (Å²) in [5, 5.41) is 8.44. The fourth-order valence-corrected chi connectivity index (χ4v) is 3.73. The van der Waals surface area contributed by atoms with Gasteiger partial charge in [-0.3, -0.25) is 4.98 Å². The molecule has 4 aromatic heterocycles. The largest absolute Gasteiger partial charge is 0.360 e. The Hall–Kier alpha value is -4.00. The second-order valence-electron chi connectivity index (χ2n) is 7.61. The number of H-pyrrole nitrogens is 1. The predicted octanol–water partition coefficient (Wildman–Crippen LogP) is 3.99. The smallest absolute Gasteiger partial charge is 0.200 e. The van der Waals surface area contributed by atoms with Crippen molar-refractivity contribution in [3.63, 3.8) is 0 Å². The van der Waals surface area contributed by atoms with Gasteiger partial charge in [-0.15, -0.1) is 10.2 Å². The van der Waals surface area contributed by atoms with Crippen LogP contribution in [0.2, 0.25) is 0 Å². The number of fused-ring (bicyclic) bond motifs is 1. The summed E-state index contributed by atoms with van der Waals surface area (Å²) in [4.78, 5) is 7.71. The molecule has 0 unspecified atom stereocenters. The normalized spacial score (nSPS) is 13.6. The van der Waals surface area contributed by atoms with Crippen molar-refractivity contribution in [3.8, 4) is 22.5 Å². The van der Waals surface area contributed by atoms with Crippen molar-refractivity contribution >= 4 is 16.7 Å². The van der Waals surface area contributed by atoms with Crippen LogP contribution in [-0.2, 0) is 0 Å². The summed E-state index contributed by atoms with van der Waals surface area (Å²) in [7, 11) is 0. The Morgan fingerprint density at radius 3 is 2.77 bits per heavy atom. The van der Waals surface area contributed by atoms with Gasteiger partial charge in [-0.25, -0.2) is 0 Å². The Balaban J connectivity index is 1.24. The third-order valence-electron chi connectivity index (χ3n) is 5.45. The fourth-order valence-electron chi connectivity index (χ4n) is 3.73. The van der Waals surface area contributed by atoms with Crippen LogP contribution in [0.15, 0.2) is 79.6 Å². The first-order valence-electron chi connectivity index (χ1n) is 10.1. The zero-order valence-corrected chi connectivity index (χ0v) is 16.2. The summed E-state index contributed by atoms with van der Waals surface area (Å²) in [5.74, 6) is 0.925. The lowest BCUT2D eigenvalue weighted by atomic mass is 10.1. The molecule has 1 aliphatic carbocycles. The number of aromatic nitrogens is 6. The van der Waals surface area contributed by atoms with E-state index in [1.807, 2.05) is 54.0 Å². The van der Waals surface area contributed by atoms with E-state index in [1.54, 1.807) is 0 Å². The molecule has 5 aromatic rings. The van der Waals surface area contributed by atoms with Crippen LogP contribution in [0, 0.1) is 0 Å². The maximum atomic E-state index is 4.50. The molecule has 1 saturated carbocycles. The molecule has 7 heteroatoms. The molecule has 146 valence electrons. The highest BCUT2D eigenvalue weighted by Crippen LogP contribution is 2.37. The van der Waals surface area contributed by atoms with E-state index < -0.39 is 0 Å². The van der Waals surface area contributed by atoms with Crippen LogP contribution in [0.3, 0.4) is 0 Å². The lowest BCUT2D eigenvalue weighted by Crippen LogP contribution is -2.41. The van der Waals surface area contributed by atoms with Gasteiger partial charge in [0, 0.05) is 41.7 Å². The summed E-state index contributed by atoms with van der Waals surface area (Å²) < 4.78 is 4.12. The van der Waals surface area contributed by atoms with Crippen molar-refractivity contribution in [2.75, 3.05) is 5.43 Å². The van der Waals surface area contributed by atoms with Gasteiger partial charge in [-0.1, -0.05) is 16.8 Å². The standard InChI is InChI=1S/C23H19N7/c1-2-17(23-27-26-15-30(23)20-4-5-20)12-19(3-1)28-29-10-7-16(8-11-29)18-13-22-21(25-14-18)6-9-24-22/h1-3,6-15,20,28H,4-5H2/p+1. The molecule has 7 nitrogen and oxygen atoms in total. The van der Waals surface area contributed by atoms with Crippen LogP contribution in [-0.4, -0.2) is 24.7 Å². The van der Waals surface area contributed by atoms with Gasteiger partial charge in [0.25, 0.3) is 0 Å². The van der Waals surface area contributed by atoms with Crippen molar-refractivity contribution in [2.45, 2.75) is 18.9 Å². The van der Waals surface area contributed by atoms with Gasteiger partial charge in [-0.05, 0) is 42.7 Å². The number of benzene rings is 1. The summed E-state index contributed by atoms with van der Waals surface area (Å²) in [6.45, 7) is 0. The maximum absolute atomic E-state index is 4.50. The van der Waals surface area contributed by atoms with E-state index in [9.17, 15) is 0 Å². The Bertz CT molecular complexity index is 1330. The average Bonchev–Trinajstić information content (AvgIpc) is 3.32. The second kappa shape index (κ2) is 6.81. The third-order valence-corrected chi connectivity index (χ3v) is 5.45. The van der Waals surface area contributed by atoms with Crippen molar-refractivity contribution in [1.82, 2.24) is 24.7 Å². The minimum Gasteiger partial charge on any atom is -0.360 e. The van der Waals surface area contributed by atoms with Crippen molar-refractivity contribution in [3.05, 3.63) is 79.6 Å². The van der Waals surface area contributed by atoms with Gasteiger partial charge >= 0.3 is 0 Å². The molecule has 0 atom stereocenters. The molecule has 0 aliphatic heterocycles. The molecule has 1 aromatic carbocycles. The second-order valence-corrected chi connectivity index (χ2v) is 7.61. The summed E-state index contributed by atoms with van der Waals surface area (Å²) in [6, 6.07) is 17.1. The van der Waals surface area contributed by atoms with Gasteiger partial charge in [-0.2, -0.15) is 5.43 Å². The first-order valence-corrected chi connectivity index (χ1v) is 10.1. The van der Waals surface area contributed by atoms with E-state index in [2.05, 4.69) is 60.5 Å². The van der Waals surface area contributed by atoms with E-state index in [4.69, 9.17) is 0 Å². The van der Waals surface area contributed by atoms with Crippen molar-refractivity contribution in [1.29, 1.82) is 0 Å². The number of hydrogen-bond acceptors (Lipinski definition) is 4. The molecule has 0 saturated heterocycles. The molecule has 0 amide bonds. The van der Waals surface area contributed by atoms with Crippen LogP contribution >= 0.6 is 0 Å². The first-order chi connectivity index (χ1) is 14.8. The minimum absolute atomic E-state index is 0.549. The summed E-state index contributed by atoms with van der Waals surface area (Å²) in [6.07, 6.45) is 12.1. The predicted molar refractivity (Wildman–Crippen MR) is 114 cm³/mol. The van der Waals surface area contributed by atoms with Gasteiger partial charge in [0.15, 0.2) is 18.2 Å². The Morgan fingerprint density at radius 1 is 1.00 bits per heavy atom. The average molecular weight is 394 g/mol. The van der Waals surface area contributed by atoms with Crippen LogP contribution < -0.4 is 10.1 Å². The quantitative estimate of drug-likeness (QED) is 0.442. The maximum Gasteiger partial charge on any atom is 0.200 e. The van der Waals surface area contributed by atoms with E-state index in [0.29, 0.717) is 6.04 Å². The van der Waals surface area contributed by atoms with Crippen LogP contribution in [0.25, 0.3) is 33.5 Å². The SMILES string of the molecule is c1cc(N[n+]2ccc(-c3cnc4cc[nH]c4c3)cc2)cc(-c2nncn2C2CC2)c1. The number of pyridine rings is 2. The molecule has 0 radical (unpaired) electrons. The third kappa shape index (κ3) is 3.10. The number of nitrogens with zero attached hydrogens (tertiary/aromatic N) is 5. The lowest BCUT2D eigenvalue weighted by molar-refractivity contribution is -0.642. The highest BCUT2D eigenvalue weighted by atomic mass is 15.4. The van der Waals surface area contributed by atoms with E-state index in [0.717, 1.165) is 39.2 Å². The molecule has 1 fully saturated rings. The molecule has 2 N–H and O–H groups in total. The molecule has 30 heavy (non-hydrogen) atoms. The van der Waals surface area contributed by atoms with Crippen molar-refractivity contribution in [2.24, 2.45) is 0 Å². The number of anilines is 1. The minimum atomic E-state index is 0.549. The zero-order valence-electron chi connectivity index (χ0n) is 16.2. The molecular weight excluding hydrogens is 374 g/mol. The monoisotopic (exact) mass is 394 g/mol. The van der Waals surface area contributed by atoms with Gasteiger partial charge in [0.05, 0.1) is 16.7 Å². The number of rotatable bonds is 5. The highest BCUT2D eigenvalue weighted by Gasteiger charge is 2.26. The highest BCUT2D eigenvalue weighted by molar-refractivity contribution is 5.80. The van der Waals surface area contributed by atoms with Gasteiger partial charge in [0.1, 0.15) is 6.33 Å². The molecule has 6 rings (SSSR count). The van der Waals surface area contributed by atoms with Crippen LogP contribution in [0.1, 0.15) is 18.9 Å². The summed E-state index contributed by atoms with van der Waals surface area (Å²) >= 11 is 0. The number of hydrogen-bond donors (Lipinski definition) is 2. The van der Waals surface area contributed by atoms with E-state index in [-0.39, 0.29) is 0 Å². The Morgan fingerprint density at radius 2 is 1.90 bits per heavy atom. The fraction of sp³-hybridized carbons (Fsp3) is 0.130. The summed E-state index contributed by atoms with van der Waals surface area (Å²) in [5.41, 5.74) is 9.68. The number of aromatic amines is 1. The zero-order chi connectivity index (χ0) is 19.9. The van der Waals surface area contributed by atoms with Gasteiger partial charge < -0.3 is 9.55 Å². The molecule has 4 heterocycles. The van der Waals surface area contributed by atoms with E-state index in [1.165, 1.54) is 12.8 Å². The Kier molecular flexibility index (Phi) is 3.84. The molecule has 1 aliphatic rings. The van der Waals surface area contributed by atoms with Crippen LogP contribution in [0.5, 0.6) is 0 Å².